The predicted octanol–water partition coefficient (Wildman–Crippen LogP) is 1.65. The second kappa shape index (κ2) is 4.62. The standard InChI is InChI=1S/C12H8N5O/c1-3-10(17-15-9-14-16-17)7-11(4-1)18-12-5-2-6-13-8-12/h1-8H. The summed E-state index contributed by atoms with van der Waals surface area (Å²) < 4.78 is 5.66. The van der Waals surface area contributed by atoms with Crippen molar-refractivity contribution in [3.05, 3.63) is 55.1 Å². The number of tetrazole rings is 1. The van der Waals surface area contributed by atoms with E-state index in [1.807, 2.05) is 36.4 Å². The van der Waals surface area contributed by atoms with Crippen LogP contribution in [0.1, 0.15) is 0 Å². The van der Waals surface area contributed by atoms with Crippen molar-refractivity contribution in [1.29, 1.82) is 0 Å². The van der Waals surface area contributed by atoms with Crippen LogP contribution < -0.4 is 4.74 Å². The molecule has 1 radical (unpaired) electrons. The minimum absolute atomic E-state index is 0.674. The maximum atomic E-state index is 5.66. The highest BCUT2D eigenvalue weighted by Crippen LogP contribution is 2.21. The third-order valence-electron chi connectivity index (χ3n) is 2.23. The molecule has 0 spiro atoms. The second-order valence-corrected chi connectivity index (χ2v) is 3.47. The van der Waals surface area contributed by atoms with Gasteiger partial charge in [0.15, 0.2) is 0 Å². The fraction of sp³-hybridized carbons (Fsp3) is 0. The highest BCUT2D eigenvalue weighted by atomic mass is 16.5. The van der Waals surface area contributed by atoms with E-state index < -0.39 is 0 Å². The summed E-state index contributed by atoms with van der Waals surface area (Å²) in [5, 5.41) is 11.1. The van der Waals surface area contributed by atoms with Gasteiger partial charge in [-0.15, -0.1) is 15.0 Å². The zero-order valence-corrected chi connectivity index (χ0v) is 9.26. The van der Waals surface area contributed by atoms with E-state index in [1.54, 1.807) is 12.4 Å². The van der Waals surface area contributed by atoms with Crippen LogP contribution >= 0.6 is 0 Å². The molecule has 87 valence electrons. The van der Waals surface area contributed by atoms with Gasteiger partial charge < -0.3 is 4.74 Å². The first-order chi connectivity index (χ1) is 8.92. The van der Waals surface area contributed by atoms with Crippen molar-refractivity contribution in [2.75, 3.05) is 0 Å². The zero-order chi connectivity index (χ0) is 12.2. The number of ether oxygens (including phenoxy) is 1. The Bertz CT molecular complexity index is 624. The van der Waals surface area contributed by atoms with E-state index in [1.165, 1.54) is 4.80 Å². The van der Waals surface area contributed by atoms with Gasteiger partial charge in [0.05, 0.1) is 11.9 Å². The van der Waals surface area contributed by atoms with Gasteiger partial charge in [0.2, 0.25) is 6.33 Å². The minimum Gasteiger partial charge on any atom is -0.456 e. The van der Waals surface area contributed by atoms with Crippen LogP contribution in [0.25, 0.3) is 5.69 Å². The lowest BCUT2D eigenvalue weighted by molar-refractivity contribution is 0.479. The Morgan fingerprint density at radius 2 is 2.06 bits per heavy atom. The molecule has 0 bridgehead atoms. The number of hydrogen-bond donors (Lipinski definition) is 0. The number of aromatic nitrogens is 5. The Morgan fingerprint density at radius 3 is 2.83 bits per heavy atom. The molecule has 0 N–H and O–H groups in total. The number of hydrogen-bond acceptors (Lipinski definition) is 5. The minimum atomic E-state index is 0.674. The predicted molar refractivity (Wildman–Crippen MR) is 62.3 cm³/mol. The van der Waals surface area contributed by atoms with E-state index in [0.717, 1.165) is 5.69 Å². The monoisotopic (exact) mass is 238 g/mol. The largest absolute Gasteiger partial charge is 0.456 e. The van der Waals surface area contributed by atoms with E-state index in [-0.39, 0.29) is 0 Å². The van der Waals surface area contributed by atoms with Gasteiger partial charge >= 0.3 is 0 Å². The third kappa shape index (κ3) is 2.17. The van der Waals surface area contributed by atoms with Crippen LogP contribution in [0.2, 0.25) is 0 Å². The summed E-state index contributed by atoms with van der Waals surface area (Å²) in [4.78, 5) is 5.35. The molecule has 0 aliphatic carbocycles. The van der Waals surface area contributed by atoms with Crippen LogP contribution in [0.15, 0.2) is 48.8 Å². The van der Waals surface area contributed by atoms with Crippen LogP contribution in [-0.2, 0) is 0 Å². The van der Waals surface area contributed by atoms with Crippen molar-refractivity contribution >= 4 is 0 Å². The summed E-state index contributed by atoms with van der Waals surface area (Å²) in [5.74, 6) is 1.35. The van der Waals surface area contributed by atoms with Gasteiger partial charge in [0.1, 0.15) is 11.5 Å². The van der Waals surface area contributed by atoms with Gasteiger partial charge in [-0.3, -0.25) is 4.98 Å². The molecular formula is C12H8N5O. The molecule has 1 aromatic carbocycles. The first kappa shape index (κ1) is 10.4. The van der Waals surface area contributed by atoms with Crippen LogP contribution in [0.5, 0.6) is 11.5 Å². The summed E-state index contributed by atoms with van der Waals surface area (Å²) in [6, 6.07) is 11.0. The molecule has 0 saturated carbocycles. The average molecular weight is 238 g/mol. The second-order valence-electron chi connectivity index (χ2n) is 3.47. The van der Waals surface area contributed by atoms with Crippen LogP contribution in [-0.4, -0.2) is 25.2 Å². The first-order valence-corrected chi connectivity index (χ1v) is 5.26. The van der Waals surface area contributed by atoms with Gasteiger partial charge in [-0.2, -0.15) is 0 Å². The first-order valence-electron chi connectivity index (χ1n) is 5.26. The molecule has 0 amide bonds. The normalized spacial score (nSPS) is 10.2. The Labute approximate surface area is 103 Å². The Morgan fingerprint density at radius 1 is 1.11 bits per heavy atom. The molecule has 0 fully saturated rings. The van der Waals surface area contributed by atoms with E-state index in [4.69, 9.17) is 4.74 Å². The molecule has 3 aromatic rings. The maximum absolute atomic E-state index is 5.66. The molecule has 3 rings (SSSR count). The van der Waals surface area contributed by atoms with Crippen LogP contribution in [0.3, 0.4) is 0 Å². The van der Waals surface area contributed by atoms with Crippen molar-refractivity contribution < 1.29 is 4.74 Å². The molecule has 6 heteroatoms. The quantitative estimate of drug-likeness (QED) is 0.694. The third-order valence-corrected chi connectivity index (χ3v) is 2.23. The molecule has 0 saturated heterocycles. The van der Waals surface area contributed by atoms with Crippen LogP contribution in [0.4, 0.5) is 0 Å². The number of benzene rings is 1. The van der Waals surface area contributed by atoms with E-state index in [2.05, 4.69) is 26.7 Å². The molecule has 0 atom stereocenters. The molecule has 0 aliphatic rings. The highest BCUT2D eigenvalue weighted by Gasteiger charge is 2.02. The van der Waals surface area contributed by atoms with Gasteiger partial charge in [-0.05, 0) is 29.5 Å². The van der Waals surface area contributed by atoms with Gasteiger partial charge in [0, 0.05) is 12.3 Å². The molecular weight excluding hydrogens is 230 g/mol. The van der Waals surface area contributed by atoms with E-state index in [9.17, 15) is 0 Å². The summed E-state index contributed by atoms with van der Waals surface area (Å²) >= 11 is 0. The highest BCUT2D eigenvalue weighted by molar-refractivity contribution is 5.39. The smallest absolute Gasteiger partial charge is 0.246 e. The van der Waals surface area contributed by atoms with Crippen molar-refractivity contribution in [3.63, 3.8) is 0 Å². The fourth-order valence-electron chi connectivity index (χ4n) is 1.47. The van der Waals surface area contributed by atoms with Crippen LogP contribution in [0, 0.1) is 6.33 Å². The van der Waals surface area contributed by atoms with E-state index >= 15 is 0 Å². The average Bonchev–Trinajstić information content (AvgIpc) is 2.94. The lowest BCUT2D eigenvalue weighted by Crippen LogP contribution is -1.98. The summed E-state index contributed by atoms with van der Waals surface area (Å²) in [5.41, 5.74) is 0.755. The summed E-state index contributed by atoms with van der Waals surface area (Å²) in [7, 11) is 0. The summed E-state index contributed by atoms with van der Waals surface area (Å²) in [6.07, 6.45) is 5.74. The topological polar surface area (TPSA) is 65.7 Å². The fourth-order valence-corrected chi connectivity index (χ4v) is 1.47. The Hall–Kier alpha value is -2.76. The molecule has 0 aliphatic heterocycles. The van der Waals surface area contributed by atoms with Crippen molar-refractivity contribution in [2.45, 2.75) is 0 Å². The lowest BCUT2D eigenvalue weighted by Gasteiger charge is -2.06. The Balaban J connectivity index is 1.88. The molecule has 6 nitrogen and oxygen atoms in total. The SMILES string of the molecule is [c]1nnn(-c2cccc(Oc3cccnc3)c2)n1. The van der Waals surface area contributed by atoms with Gasteiger partial charge in [-0.1, -0.05) is 6.07 Å². The Kier molecular flexibility index (Phi) is 2.67. The molecule has 2 aromatic heterocycles. The molecule has 0 unspecified atom stereocenters. The van der Waals surface area contributed by atoms with Crippen molar-refractivity contribution in [3.8, 4) is 17.2 Å². The lowest BCUT2D eigenvalue weighted by atomic mass is 10.3. The number of nitrogens with zero attached hydrogens (tertiary/aromatic N) is 5. The summed E-state index contributed by atoms with van der Waals surface area (Å²) in [6.45, 7) is 0. The van der Waals surface area contributed by atoms with Gasteiger partial charge in [-0.25, -0.2) is 0 Å². The maximum Gasteiger partial charge on any atom is 0.246 e. The molecule has 18 heavy (non-hydrogen) atoms. The van der Waals surface area contributed by atoms with Crippen molar-refractivity contribution in [1.82, 2.24) is 25.2 Å². The number of rotatable bonds is 3. The van der Waals surface area contributed by atoms with E-state index in [0.29, 0.717) is 11.5 Å². The molecule has 2 heterocycles. The van der Waals surface area contributed by atoms with Gasteiger partial charge in [0.25, 0.3) is 0 Å². The zero-order valence-electron chi connectivity index (χ0n) is 9.26. The van der Waals surface area contributed by atoms with Crippen molar-refractivity contribution in [2.24, 2.45) is 0 Å². The number of pyridine rings is 1.